The Kier molecular flexibility index (Phi) is 33.7. The lowest BCUT2D eigenvalue weighted by molar-refractivity contribution is -0.146. The van der Waals surface area contributed by atoms with E-state index in [0.717, 1.165) is 0 Å². The van der Waals surface area contributed by atoms with E-state index in [9.17, 15) is 55.4 Å². The number of benzene rings is 4. The van der Waals surface area contributed by atoms with Crippen LogP contribution in [0.3, 0.4) is 0 Å². The molecule has 4 heterocycles. The molecule has 0 aliphatic carbocycles. The predicted octanol–water partition coefficient (Wildman–Crippen LogP) is 7.00. The Bertz CT molecular complexity index is 3810. The van der Waals surface area contributed by atoms with Crippen molar-refractivity contribution in [2.45, 2.75) is 166 Å². The number of ether oxygens (including phenoxy) is 12. The molecular formula is C72H108N6O26P2S2. The van der Waals surface area contributed by atoms with Crippen molar-refractivity contribution in [3.63, 3.8) is 0 Å². The molecule has 8 N–H and O–H groups in total. The molecule has 0 bridgehead atoms. The average Bonchev–Trinajstić information content (AvgIpc) is 1.81. The highest BCUT2D eigenvalue weighted by Gasteiger charge is 2.46. The Morgan fingerprint density at radius 1 is 0.519 bits per heavy atom. The van der Waals surface area contributed by atoms with Crippen molar-refractivity contribution in [2.75, 3.05) is 92.7 Å². The molecule has 4 aromatic rings. The number of hydrogen-bond acceptors (Lipinski definition) is 24. The van der Waals surface area contributed by atoms with Gasteiger partial charge in [-0.15, -0.1) is 0 Å². The van der Waals surface area contributed by atoms with Crippen molar-refractivity contribution in [1.29, 1.82) is 0 Å². The van der Waals surface area contributed by atoms with E-state index in [2.05, 4.69) is 20.8 Å². The fourth-order valence-corrected chi connectivity index (χ4v) is 18.2. The molecule has 12 atom stereocenters. The molecule has 108 heavy (non-hydrogen) atoms. The first kappa shape index (κ1) is 88.7. The van der Waals surface area contributed by atoms with Gasteiger partial charge in [0.1, 0.15) is 47.3 Å². The van der Waals surface area contributed by atoms with Crippen LogP contribution in [0.5, 0.6) is 23.0 Å². The van der Waals surface area contributed by atoms with E-state index in [0.29, 0.717) is 48.7 Å². The number of carbonyl (C=O) groups is 4. The quantitative estimate of drug-likeness (QED) is 0.0126. The monoisotopic (exact) mass is 1600 g/mol. The molecule has 2 amide bonds. The van der Waals surface area contributed by atoms with Gasteiger partial charge in [-0.1, -0.05) is 79.7 Å². The van der Waals surface area contributed by atoms with Gasteiger partial charge in [-0.05, 0) is 147 Å². The molecule has 4 fully saturated rings. The van der Waals surface area contributed by atoms with Crippen molar-refractivity contribution in [3.8, 4) is 23.0 Å². The summed E-state index contributed by atoms with van der Waals surface area (Å²) in [5.74, 6) is -0.839. The number of esters is 2. The Balaban J connectivity index is 0.000000318. The molecule has 0 saturated carbocycles. The van der Waals surface area contributed by atoms with E-state index in [1.54, 1.807) is 90.1 Å². The van der Waals surface area contributed by atoms with Crippen LogP contribution in [0.1, 0.15) is 93.2 Å². The molecule has 0 radical (unpaired) electrons. The minimum absolute atomic E-state index is 0.0152. The van der Waals surface area contributed by atoms with Gasteiger partial charge >= 0.3 is 31.7 Å². The number of nitrogens with zero attached hydrogens (tertiary/aromatic N) is 2. The summed E-state index contributed by atoms with van der Waals surface area (Å²) in [4.78, 5) is 70.6. The fourth-order valence-electron chi connectivity index (χ4n) is 12.4. The average molecular weight is 1600 g/mol. The van der Waals surface area contributed by atoms with Gasteiger partial charge in [-0.2, -0.15) is 8.61 Å². The third kappa shape index (κ3) is 26.3. The highest BCUT2D eigenvalue weighted by molar-refractivity contribution is 7.89. The van der Waals surface area contributed by atoms with Crippen LogP contribution >= 0.6 is 15.0 Å². The summed E-state index contributed by atoms with van der Waals surface area (Å²) in [6.07, 6.45) is -6.18. The van der Waals surface area contributed by atoms with Gasteiger partial charge in [-0.3, -0.25) is 18.7 Å². The largest absolute Gasteiger partial charge is 0.497 e. The second-order valence-electron chi connectivity index (χ2n) is 28.2. The molecule has 4 aliphatic rings. The SMILES string of the molecule is CCOC(=O)[C@@H](NP(=O)(COc1ccc(C[C@H](NC(=O)O[C@H]2CO[C@H]3OCC[C@H]32)[C@H](O)CN(CC(C)C)S(=O)(=O)c2ccc(OC)cc2)cc1)N[C@H](C(=O)OCC)C(C)C)C(C)C.COc1ccc(S(=O)(=O)N(CC(C)C)C[C@@H](O)[C@H](Cc2ccc(OCP(=O)(O)O)cc2)NC(=O)O[C@H]2CO[C@H]3OCC[C@H]32)cc1. The highest BCUT2D eigenvalue weighted by atomic mass is 32.2. The zero-order chi connectivity index (χ0) is 79.3. The van der Waals surface area contributed by atoms with E-state index < -0.39 is 133 Å². The molecule has 32 nitrogen and oxygen atoms in total. The second kappa shape index (κ2) is 41.1. The van der Waals surface area contributed by atoms with Crippen LogP contribution in [0.4, 0.5) is 9.59 Å². The lowest BCUT2D eigenvalue weighted by Crippen LogP contribution is -2.51. The minimum Gasteiger partial charge on any atom is -0.497 e. The normalized spacial score (nSPS) is 20.4. The Morgan fingerprint density at radius 3 is 1.19 bits per heavy atom. The smallest absolute Gasteiger partial charge is 0.407 e. The van der Waals surface area contributed by atoms with E-state index in [1.165, 1.54) is 71.4 Å². The van der Waals surface area contributed by atoms with Crippen LogP contribution in [0, 0.1) is 35.5 Å². The van der Waals surface area contributed by atoms with Gasteiger partial charge in [0, 0.05) is 26.2 Å². The van der Waals surface area contributed by atoms with Crippen LogP contribution in [-0.4, -0.2) is 223 Å². The topological polar surface area (TPSA) is 417 Å². The number of amides is 2. The molecule has 4 saturated heterocycles. The first-order chi connectivity index (χ1) is 51.0. The molecule has 604 valence electrons. The first-order valence-corrected chi connectivity index (χ1v) is 42.6. The third-order valence-corrected chi connectivity index (χ3v) is 24.1. The number of methoxy groups -OCH3 is 2. The Morgan fingerprint density at radius 2 is 0.870 bits per heavy atom. The molecule has 0 aromatic heterocycles. The number of fused-ring (bicyclic) bond motifs is 2. The zero-order valence-corrected chi connectivity index (χ0v) is 66.6. The summed E-state index contributed by atoms with van der Waals surface area (Å²) in [5.41, 5.74) is 1.25. The van der Waals surface area contributed by atoms with Crippen LogP contribution < -0.4 is 39.8 Å². The van der Waals surface area contributed by atoms with Crippen LogP contribution in [0.15, 0.2) is 107 Å². The Labute approximate surface area is 632 Å². The maximum atomic E-state index is 14.6. The van der Waals surface area contributed by atoms with E-state index in [-0.39, 0.29) is 122 Å². The molecule has 36 heteroatoms. The number of hydrogen-bond donors (Lipinski definition) is 8. The van der Waals surface area contributed by atoms with Gasteiger partial charge in [0.25, 0.3) is 0 Å². The second-order valence-corrected chi connectivity index (χ2v) is 35.9. The maximum Gasteiger partial charge on any atom is 0.407 e. The van der Waals surface area contributed by atoms with Gasteiger partial charge < -0.3 is 87.5 Å². The molecule has 0 spiro atoms. The summed E-state index contributed by atoms with van der Waals surface area (Å²) in [7, 11) is -13.5. The van der Waals surface area contributed by atoms with Gasteiger partial charge in [0.2, 0.25) is 27.5 Å². The molecule has 4 aliphatic heterocycles. The maximum absolute atomic E-state index is 14.6. The number of alkyl carbamates (subject to hydrolysis) is 2. The minimum atomic E-state index is -4.37. The van der Waals surface area contributed by atoms with Crippen molar-refractivity contribution >= 4 is 59.2 Å². The summed E-state index contributed by atoms with van der Waals surface area (Å²) in [6, 6.07) is 20.7. The van der Waals surface area contributed by atoms with Crippen molar-refractivity contribution < 1.29 is 122 Å². The predicted molar refractivity (Wildman–Crippen MR) is 395 cm³/mol. The Hall–Kier alpha value is -6.56. The third-order valence-electron chi connectivity index (χ3n) is 18.0. The zero-order valence-electron chi connectivity index (χ0n) is 63.2. The summed E-state index contributed by atoms with van der Waals surface area (Å²) in [6.45, 7) is 18.9. The van der Waals surface area contributed by atoms with E-state index >= 15 is 0 Å². The van der Waals surface area contributed by atoms with E-state index in [1.807, 2.05) is 27.7 Å². The van der Waals surface area contributed by atoms with Crippen molar-refractivity contribution in [3.05, 3.63) is 108 Å². The highest BCUT2D eigenvalue weighted by Crippen LogP contribution is 2.41. The summed E-state index contributed by atoms with van der Waals surface area (Å²) in [5, 5.41) is 34.6. The van der Waals surface area contributed by atoms with Crippen LogP contribution in [0.2, 0.25) is 0 Å². The molecule has 8 rings (SSSR count). The van der Waals surface area contributed by atoms with Crippen LogP contribution in [0.25, 0.3) is 0 Å². The van der Waals surface area contributed by atoms with Gasteiger partial charge in [-0.25, -0.2) is 36.6 Å². The number of carbonyl (C=O) groups excluding carboxylic acids is 4. The van der Waals surface area contributed by atoms with E-state index in [4.69, 9.17) is 66.6 Å². The number of rotatable bonds is 40. The molecule has 4 aromatic carbocycles. The van der Waals surface area contributed by atoms with Gasteiger partial charge in [0.05, 0.1) is 99.8 Å². The molecule has 0 unspecified atom stereocenters. The first-order valence-electron chi connectivity index (χ1n) is 36.1. The standard InChI is InChI=1S/C43H67N4O14PS.C29H41N2O12PS/c1-10-56-40(49)38(28(5)6)45-62(52,46-39(29(7)8)41(50)57-11-2)26-60-32-14-12-30(13-15-32)22-35(44-43(51)61-37-25-59-42-34(37)20-21-58-42)36(48)24-47(23-27(3)4)63(53,54)33-18-16-31(55-9)17-19-33;1-19(2)15-31(45(37,38)23-10-8-21(39-3)9-11-23)16-26(32)25(14-20-4-6-22(7-5-20)42-18-44(34,35)36)30-29(33)43-27-17-41-28-24(27)12-13-40-28/h12-19,27-29,34-39,42,48H,10-11,20-26H2,1-9H3,(H,44,51)(H2,45,46,52);4-11,19,24-28,32H,12-18H2,1-3H3,(H,30,33)(H2,34,35,36)/t34-,35-,36+,37-,38-,39-,42+;24-,25-,26+,27-,28+/m00/s1. The number of aliphatic hydroxyl groups excluding tert-OH is 2. The van der Waals surface area contributed by atoms with Gasteiger partial charge in [0.15, 0.2) is 25.3 Å². The number of sulfonamides is 2. The number of nitrogens with one attached hydrogen (secondary N) is 4. The van der Waals surface area contributed by atoms with Crippen LogP contribution in [-0.2, 0) is 89.5 Å². The van der Waals surface area contributed by atoms with Crippen molar-refractivity contribution in [1.82, 2.24) is 29.4 Å². The summed E-state index contributed by atoms with van der Waals surface area (Å²) >= 11 is 0. The van der Waals surface area contributed by atoms with Crippen molar-refractivity contribution in [2.24, 2.45) is 35.5 Å². The molecular weight excluding hydrogens is 1490 g/mol. The lowest BCUT2D eigenvalue weighted by atomic mass is 10.0. The summed E-state index contributed by atoms with van der Waals surface area (Å²) < 4.78 is 149. The fraction of sp³-hybridized carbons (Fsp3) is 0.611. The lowest BCUT2D eigenvalue weighted by Gasteiger charge is -2.31. The number of aliphatic hydroxyl groups is 2.